The average molecular weight is 238 g/mol. The summed E-state index contributed by atoms with van der Waals surface area (Å²) in [6.07, 6.45) is 1.25. The van der Waals surface area contributed by atoms with E-state index in [1.54, 1.807) is 12.1 Å². The molecule has 3 N–H and O–H groups in total. The van der Waals surface area contributed by atoms with E-state index in [9.17, 15) is 9.18 Å². The van der Waals surface area contributed by atoms with Gasteiger partial charge in [0.1, 0.15) is 6.61 Å². The summed E-state index contributed by atoms with van der Waals surface area (Å²) in [4.78, 5) is 11.0. The quantitative estimate of drug-likeness (QED) is 0.820. The Morgan fingerprint density at radius 2 is 2.35 bits per heavy atom. The summed E-state index contributed by atoms with van der Waals surface area (Å²) in [5, 5.41) is 2.76. The van der Waals surface area contributed by atoms with Gasteiger partial charge in [0.25, 0.3) is 0 Å². The number of benzene rings is 1. The van der Waals surface area contributed by atoms with Crippen LogP contribution in [0.4, 0.5) is 4.39 Å². The lowest BCUT2D eigenvalue weighted by atomic mass is 10.2. The number of halogens is 1. The average Bonchev–Trinajstić information content (AvgIpc) is 2.73. The van der Waals surface area contributed by atoms with Crippen LogP contribution in [0.25, 0.3) is 0 Å². The zero-order chi connectivity index (χ0) is 12.3. The van der Waals surface area contributed by atoms with E-state index < -0.39 is 5.82 Å². The van der Waals surface area contributed by atoms with Crippen LogP contribution < -0.4 is 15.8 Å². The molecule has 1 saturated heterocycles. The SMILES string of the molecule is NCc1ccc(OCC2CCC(=O)N2)c(F)c1. The van der Waals surface area contributed by atoms with Gasteiger partial charge >= 0.3 is 0 Å². The topological polar surface area (TPSA) is 64.3 Å². The first kappa shape index (κ1) is 11.9. The Bertz CT molecular complexity index is 423. The minimum Gasteiger partial charge on any atom is -0.488 e. The van der Waals surface area contributed by atoms with Crippen LogP contribution in [0.15, 0.2) is 18.2 Å². The Morgan fingerprint density at radius 1 is 1.53 bits per heavy atom. The fraction of sp³-hybridized carbons (Fsp3) is 0.417. The number of rotatable bonds is 4. The number of amides is 1. The number of carbonyl (C=O) groups excluding carboxylic acids is 1. The Labute approximate surface area is 98.9 Å². The van der Waals surface area contributed by atoms with E-state index in [1.807, 2.05) is 0 Å². The summed E-state index contributed by atoms with van der Waals surface area (Å²) in [7, 11) is 0. The largest absolute Gasteiger partial charge is 0.488 e. The second kappa shape index (κ2) is 5.14. The van der Waals surface area contributed by atoms with Crippen LogP contribution in [0.2, 0.25) is 0 Å². The van der Waals surface area contributed by atoms with E-state index in [1.165, 1.54) is 6.07 Å². The van der Waals surface area contributed by atoms with Crippen molar-refractivity contribution in [1.82, 2.24) is 5.32 Å². The van der Waals surface area contributed by atoms with Crippen LogP contribution in [0.1, 0.15) is 18.4 Å². The van der Waals surface area contributed by atoms with E-state index in [0.29, 0.717) is 19.6 Å². The molecule has 17 heavy (non-hydrogen) atoms. The van der Waals surface area contributed by atoms with Crippen LogP contribution >= 0.6 is 0 Å². The number of carbonyl (C=O) groups is 1. The number of ether oxygens (including phenoxy) is 1. The van der Waals surface area contributed by atoms with Crippen LogP contribution in [0, 0.1) is 5.82 Å². The smallest absolute Gasteiger partial charge is 0.220 e. The molecule has 1 aromatic carbocycles. The normalized spacial score (nSPS) is 19.2. The van der Waals surface area contributed by atoms with E-state index >= 15 is 0 Å². The number of hydrogen-bond acceptors (Lipinski definition) is 3. The molecule has 0 saturated carbocycles. The van der Waals surface area contributed by atoms with E-state index in [-0.39, 0.29) is 17.7 Å². The van der Waals surface area contributed by atoms with Gasteiger partial charge in [0.15, 0.2) is 11.6 Å². The molecule has 0 aliphatic carbocycles. The second-order valence-corrected chi connectivity index (χ2v) is 4.08. The Balaban J connectivity index is 1.92. The molecule has 0 spiro atoms. The third-order valence-electron chi connectivity index (χ3n) is 2.76. The zero-order valence-electron chi connectivity index (χ0n) is 9.41. The summed E-state index contributed by atoms with van der Waals surface area (Å²) in [5.74, 6) is -0.196. The molecule has 1 aromatic rings. The van der Waals surface area contributed by atoms with Crippen molar-refractivity contribution >= 4 is 5.91 Å². The number of nitrogens with two attached hydrogens (primary N) is 1. The third kappa shape index (κ3) is 2.94. The molecule has 1 amide bonds. The van der Waals surface area contributed by atoms with E-state index in [4.69, 9.17) is 10.5 Å². The molecular weight excluding hydrogens is 223 g/mol. The van der Waals surface area contributed by atoms with Gasteiger partial charge in [0.2, 0.25) is 5.91 Å². The predicted molar refractivity (Wildman–Crippen MR) is 61.0 cm³/mol. The molecular formula is C12H15FN2O2. The molecule has 0 radical (unpaired) electrons. The molecule has 1 aliphatic heterocycles. The van der Waals surface area contributed by atoms with Crippen molar-refractivity contribution in [2.45, 2.75) is 25.4 Å². The molecule has 1 aliphatic rings. The first-order valence-corrected chi connectivity index (χ1v) is 5.59. The van der Waals surface area contributed by atoms with Crippen LogP contribution in [-0.2, 0) is 11.3 Å². The van der Waals surface area contributed by atoms with Crippen LogP contribution in [-0.4, -0.2) is 18.6 Å². The summed E-state index contributed by atoms with van der Waals surface area (Å²) < 4.78 is 18.9. The lowest BCUT2D eigenvalue weighted by molar-refractivity contribution is -0.119. The van der Waals surface area contributed by atoms with Crippen molar-refractivity contribution in [1.29, 1.82) is 0 Å². The van der Waals surface area contributed by atoms with Gasteiger partial charge in [-0.15, -0.1) is 0 Å². The maximum absolute atomic E-state index is 13.5. The van der Waals surface area contributed by atoms with Gasteiger partial charge in [0.05, 0.1) is 6.04 Å². The molecule has 4 nitrogen and oxygen atoms in total. The maximum Gasteiger partial charge on any atom is 0.220 e. The van der Waals surface area contributed by atoms with Gasteiger partial charge < -0.3 is 15.8 Å². The van der Waals surface area contributed by atoms with Crippen LogP contribution in [0.3, 0.4) is 0 Å². The summed E-state index contributed by atoms with van der Waals surface area (Å²) in [5.41, 5.74) is 6.13. The summed E-state index contributed by atoms with van der Waals surface area (Å²) in [6.45, 7) is 0.598. The van der Waals surface area contributed by atoms with Gasteiger partial charge in [-0.05, 0) is 24.1 Å². The Hall–Kier alpha value is -1.62. The van der Waals surface area contributed by atoms with Gasteiger partial charge in [-0.1, -0.05) is 6.07 Å². The zero-order valence-corrected chi connectivity index (χ0v) is 9.41. The standard InChI is InChI=1S/C12H15FN2O2/c13-10-5-8(6-14)1-3-11(10)17-7-9-2-4-12(16)15-9/h1,3,5,9H,2,4,6-7,14H2,(H,15,16). The molecule has 0 bridgehead atoms. The molecule has 2 rings (SSSR count). The lowest BCUT2D eigenvalue weighted by Gasteiger charge is -2.12. The molecule has 1 unspecified atom stereocenters. The van der Waals surface area contributed by atoms with E-state index in [2.05, 4.69) is 5.32 Å². The predicted octanol–water partition coefficient (Wildman–Crippen LogP) is 0.942. The Morgan fingerprint density at radius 3 is 2.94 bits per heavy atom. The van der Waals surface area contributed by atoms with Crippen molar-refractivity contribution < 1.29 is 13.9 Å². The summed E-state index contributed by atoms with van der Waals surface area (Å²) in [6, 6.07) is 4.64. The van der Waals surface area contributed by atoms with Crippen LogP contribution in [0.5, 0.6) is 5.75 Å². The Kier molecular flexibility index (Phi) is 3.58. The lowest BCUT2D eigenvalue weighted by Crippen LogP contribution is -2.31. The van der Waals surface area contributed by atoms with Crippen molar-refractivity contribution in [3.63, 3.8) is 0 Å². The maximum atomic E-state index is 13.5. The van der Waals surface area contributed by atoms with Crippen molar-refractivity contribution in [2.24, 2.45) is 5.73 Å². The highest BCUT2D eigenvalue weighted by molar-refractivity contribution is 5.78. The van der Waals surface area contributed by atoms with Gasteiger partial charge in [0, 0.05) is 13.0 Å². The molecule has 1 heterocycles. The minimum atomic E-state index is -0.419. The monoisotopic (exact) mass is 238 g/mol. The highest BCUT2D eigenvalue weighted by atomic mass is 19.1. The first-order chi connectivity index (χ1) is 8.19. The van der Waals surface area contributed by atoms with Crippen molar-refractivity contribution in [3.05, 3.63) is 29.6 Å². The highest BCUT2D eigenvalue weighted by Gasteiger charge is 2.21. The molecule has 5 heteroatoms. The molecule has 1 atom stereocenters. The summed E-state index contributed by atoms with van der Waals surface area (Å²) >= 11 is 0. The van der Waals surface area contributed by atoms with Gasteiger partial charge in [-0.2, -0.15) is 0 Å². The van der Waals surface area contributed by atoms with Gasteiger partial charge in [-0.3, -0.25) is 4.79 Å². The number of hydrogen-bond donors (Lipinski definition) is 2. The second-order valence-electron chi connectivity index (χ2n) is 4.08. The fourth-order valence-corrected chi connectivity index (χ4v) is 1.78. The van der Waals surface area contributed by atoms with Gasteiger partial charge in [-0.25, -0.2) is 4.39 Å². The van der Waals surface area contributed by atoms with Crippen molar-refractivity contribution in [3.8, 4) is 5.75 Å². The molecule has 1 fully saturated rings. The third-order valence-corrected chi connectivity index (χ3v) is 2.76. The first-order valence-electron chi connectivity index (χ1n) is 5.59. The number of nitrogens with one attached hydrogen (secondary N) is 1. The minimum absolute atomic E-state index is 0.0175. The van der Waals surface area contributed by atoms with Crippen molar-refractivity contribution in [2.75, 3.05) is 6.61 Å². The highest BCUT2D eigenvalue weighted by Crippen LogP contribution is 2.19. The molecule has 92 valence electrons. The molecule has 0 aromatic heterocycles. The van der Waals surface area contributed by atoms with E-state index in [0.717, 1.165) is 12.0 Å². The fourth-order valence-electron chi connectivity index (χ4n) is 1.78.